The number of aliphatic imine (C=N–C) groups is 3. The zero-order chi connectivity index (χ0) is 72.6. The van der Waals surface area contributed by atoms with E-state index in [1.807, 2.05) is 67.5 Å². The molecule has 8 rings (SSSR count). The van der Waals surface area contributed by atoms with Gasteiger partial charge in [-0.1, -0.05) is 5.57 Å². The summed E-state index contributed by atoms with van der Waals surface area (Å²) in [5.41, 5.74) is 37.5. The number of nitrogens with two attached hydrogens (primary N) is 6. The number of amides is 7. The molecule has 0 saturated carbocycles. The molecule has 15 N–H and O–H groups in total. The Bertz CT molecular complexity index is 3810. The Labute approximate surface area is 572 Å². The van der Waals surface area contributed by atoms with Gasteiger partial charge in [-0.25, -0.2) is 4.98 Å². The number of imidazole rings is 1. The molecular weight excluding hydrogens is 1310 g/mol. The van der Waals surface area contributed by atoms with E-state index >= 15 is 0 Å². The third-order valence-corrected chi connectivity index (χ3v) is 23.0. The van der Waals surface area contributed by atoms with Gasteiger partial charge in [0.25, 0.3) is 7.82 Å². The summed E-state index contributed by atoms with van der Waals surface area (Å²) in [6, 6.07) is 2.56. The summed E-state index contributed by atoms with van der Waals surface area (Å²) in [5, 5.41) is 37.9. The van der Waals surface area contributed by atoms with E-state index in [1.54, 1.807) is 37.7 Å². The number of benzene rings is 1. The molecule has 2 unspecified atom stereocenters. The van der Waals surface area contributed by atoms with Gasteiger partial charge in [-0.15, -0.1) is 6.58 Å². The summed E-state index contributed by atoms with van der Waals surface area (Å²) >= 11 is 0.0230. The Hall–Kier alpha value is -7.26. The molecule has 0 spiro atoms. The number of nitrogens with one attached hydrogen (secondary N) is 1. The third kappa shape index (κ3) is 15.5. The van der Waals surface area contributed by atoms with Crippen molar-refractivity contribution < 1.29 is 81.9 Å². The standard InChI is InChI=1S/C62H90N13O14P.C4H8.CN.Co/c1-29-20-39-40(21-30(29)2)75(28-70-39)57-52(84)53(41(27-76)87-57)89-90(85,86)88-31(3)26-69-49(83)18-19-59(8)37(22-46(66)80)56-62(11)61(10,25-48(68)82)36(14-17-45(65)79)51(74-62)33(5)55-60(9,24-47(67)81)34(12-15-43(63)77)38(71-55)23-42-58(6,7)35(13-16-44(64)78)50(72-42)32(4)54(59)73-56;1-4(2)3;1-2;/h20-21,23,28,31,34-37,41,52-53,56-57,76,84H,12-19,22,24-27H2,1-11H3,(H15,63,64,65,66,67,68,69,71,72,73,74,77,78,79,80,81,82,83,85,86);1H2,2-3H3;;/q;;;+2/p-2/t31?,34-,35-,36-,37+,41-,52-,53-,56-,57+,59-,60+,61+,62+;;;/m1.../s1. The number of phosphoric ester groups is 1. The molecule has 30 heteroatoms. The van der Waals surface area contributed by atoms with Crippen molar-refractivity contribution in [1.82, 2.24) is 18.8 Å². The molecule has 0 radical (unpaired) electrons. The molecule has 7 amide bonds. The van der Waals surface area contributed by atoms with Gasteiger partial charge >= 0.3 is 417 Å². The van der Waals surface area contributed by atoms with Crippen LogP contribution in [0.25, 0.3) is 11.0 Å². The predicted octanol–water partition coefficient (Wildman–Crippen LogP) is 4.30. The fourth-order valence-corrected chi connectivity index (χ4v) is 18.0. The normalized spacial score (nSPS) is 32.4. The van der Waals surface area contributed by atoms with Gasteiger partial charge in [0.15, 0.2) is 6.23 Å². The number of aliphatic hydroxyl groups is 2. The van der Waals surface area contributed by atoms with Gasteiger partial charge in [0.05, 0.1) is 24.0 Å². The third-order valence-electron chi connectivity index (χ3n) is 20.8. The van der Waals surface area contributed by atoms with Gasteiger partial charge in [0.2, 0.25) is 0 Å². The van der Waals surface area contributed by atoms with Crippen LogP contribution in [-0.2, 0) is 66.8 Å². The quantitative estimate of drug-likeness (QED) is 0.0444. The molecule has 6 aliphatic heterocycles. The van der Waals surface area contributed by atoms with Crippen LogP contribution in [0.1, 0.15) is 164 Å². The van der Waals surface area contributed by atoms with Crippen molar-refractivity contribution in [1.29, 1.82) is 5.26 Å². The Morgan fingerprint density at radius 3 is 1.96 bits per heavy atom. The molecule has 6 aliphatic rings. The maximum absolute atomic E-state index is 14.5. The number of aliphatic hydroxyl groups excluding tert-OH is 2. The molecule has 7 heterocycles. The van der Waals surface area contributed by atoms with E-state index < -0.39 is 143 Å². The van der Waals surface area contributed by atoms with Crippen LogP contribution in [0.5, 0.6) is 0 Å². The number of fused-ring (bicyclic) bond motifs is 7. The van der Waals surface area contributed by atoms with E-state index in [4.69, 9.17) is 63.2 Å². The average Bonchev–Trinajstić information content (AvgIpc) is 1.52. The number of aromatic nitrogens is 2. The molecule has 28 nitrogen and oxygen atoms in total. The Morgan fingerprint density at radius 1 is 0.825 bits per heavy atom. The van der Waals surface area contributed by atoms with Gasteiger partial charge < -0.3 is 28.9 Å². The van der Waals surface area contributed by atoms with E-state index in [2.05, 4.69) is 21.9 Å². The maximum atomic E-state index is 14.5. The van der Waals surface area contributed by atoms with E-state index in [1.165, 1.54) is 23.4 Å². The minimum absolute atomic E-state index is 0.0111. The molecule has 532 valence electrons. The average molecular weight is 1410 g/mol. The SMILES string of the molecule is C/C1=C2N=C(/C=C3N=C(/C(C)=C4/[C@@H](CCC(N)=O)[C@](C)(CC(N)=O)[C@](C)([C@@H]5N=C1[C@](C)(CCC(=O)NCC(C)OP(=O)([O-])O[C@H]1[C@@H](O)[C@@H](n6cnc7cc(C)c(C)cc76)O[C@@H]1CO)[C@H]5CC(N)=O)[N]4[Co+][C]#N)[C@@](C)(CC(N)=O)[C@@H]\3CCC(N)=O)C(C)(C)[C@@H]/2CCC(N)=O.C=C(C)C. The van der Waals surface area contributed by atoms with Gasteiger partial charge in [0, 0.05) is 0 Å². The minimum Gasteiger partial charge on any atom is -0.100 e. The monoisotopic (exact) mass is 1410 g/mol. The summed E-state index contributed by atoms with van der Waals surface area (Å²) in [7, 11) is -5.35. The van der Waals surface area contributed by atoms with Crippen LogP contribution in [0.2, 0.25) is 0 Å². The van der Waals surface area contributed by atoms with Crippen LogP contribution in [0.4, 0.5) is 0 Å². The van der Waals surface area contributed by atoms with E-state index in [0.717, 1.165) is 11.1 Å². The zero-order valence-electron chi connectivity index (χ0n) is 57.7. The second-order valence-electron chi connectivity index (χ2n) is 28.5. The second kappa shape index (κ2) is 29.7. The van der Waals surface area contributed by atoms with Gasteiger partial charge in [0.1, 0.15) is 18.3 Å². The number of ether oxygens (including phenoxy) is 1. The first kappa shape index (κ1) is 77.1. The van der Waals surface area contributed by atoms with Crippen molar-refractivity contribution in [2.24, 2.45) is 94.7 Å². The first-order chi connectivity index (χ1) is 45.0. The molecule has 15 atom stereocenters. The number of carbonyl (C=O) groups is 7. The number of hydrogen-bond donors (Lipinski definition) is 9. The fraction of sp³-hybridized carbons (Fsp3) is 0.612. The number of nitriles is 1. The number of allylic oxidation sites excluding steroid dienone is 7. The minimum atomic E-state index is -5.35. The summed E-state index contributed by atoms with van der Waals surface area (Å²) in [6.45, 7) is 26.3. The molecule has 1 aromatic carbocycles. The molecular formula is C67H96CoN14O14P. The molecule has 0 aliphatic carbocycles. The van der Waals surface area contributed by atoms with Gasteiger partial charge in [-0.2, -0.15) is 0 Å². The second-order valence-corrected chi connectivity index (χ2v) is 30.7. The number of rotatable bonds is 27. The van der Waals surface area contributed by atoms with E-state index in [9.17, 15) is 58.5 Å². The van der Waals surface area contributed by atoms with Crippen molar-refractivity contribution in [3.05, 3.63) is 76.1 Å². The Balaban J connectivity index is 0.00000322. The van der Waals surface area contributed by atoms with Crippen LogP contribution >= 0.6 is 7.82 Å². The summed E-state index contributed by atoms with van der Waals surface area (Å²) in [5.74, 6) is -7.88. The Kier molecular flexibility index (Phi) is 23.6. The molecule has 2 aromatic rings. The number of hydrogen-bond acceptors (Lipinski definition) is 20. The van der Waals surface area contributed by atoms with Gasteiger partial charge in [-0.3, -0.25) is 4.57 Å². The van der Waals surface area contributed by atoms with Crippen molar-refractivity contribution in [2.45, 2.75) is 203 Å². The van der Waals surface area contributed by atoms with E-state index in [-0.39, 0.29) is 92.1 Å². The number of nitrogens with zero attached hydrogens (tertiary/aromatic N) is 7. The number of phosphoric acid groups is 1. The topological polar surface area (TPSA) is 478 Å². The van der Waals surface area contributed by atoms with Crippen molar-refractivity contribution in [3.8, 4) is 5.00 Å². The van der Waals surface area contributed by atoms with Crippen LogP contribution in [-0.4, -0.2) is 131 Å². The fourth-order valence-electron chi connectivity index (χ4n) is 15.7. The number of carbonyl (C=O) groups excluding carboxylic acids is 7. The van der Waals surface area contributed by atoms with E-state index in [0.29, 0.717) is 56.4 Å². The van der Waals surface area contributed by atoms with Crippen LogP contribution in [0.3, 0.4) is 0 Å². The van der Waals surface area contributed by atoms with Crippen molar-refractivity contribution in [2.75, 3.05) is 13.2 Å². The molecule has 1 aromatic heterocycles. The summed E-state index contributed by atoms with van der Waals surface area (Å²) in [4.78, 5) is 129. The number of aryl methyl sites for hydroxylation is 2. The van der Waals surface area contributed by atoms with Crippen molar-refractivity contribution in [3.63, 3.8) is 0 Å². The summed E-state index contributed by atoms with van der Waals surface area (Å²) in [6.07, 6.45) is -5.38. The smallest absolute Gasteiger partial charge is 0.100 e. The zero-order valence-corrected chi connectivity index (χ0v) is 59.6. The van der Waals surface area contributed by atoms with Crippen LogP contribution in [0, 0.1) is 69.4 Å². The summed E-state index contributed by atoms with van der Waals surface area (Å²) < 4.78 is 33.7. The molecule has 8 bridgehead atoms. The first-order valence-electron chi connectivity index (χ1n) is 32.4. The molecule has 97 heavy (non-hydrogen) atoms. The van der Waals surface area contributed by atoms with Gasteiger partial charge in [-0.05, 0) is 51.0 Å². The van der Waals surface area contributed by atoms with Crippen molar-refractivity contribution >= 4 is 77.3 Å². The number of primary amides is 6. The van der Waals surface area contributed by atoms with Crippen LogP contribution in [0.15, 0.2) is 79.9 Å². The molecule has 2 fully saturated rings. The molecule has 2 saturated heterocycles. The van der Waals surface area contributed by atoms with Crippen LogP contribution < -0.4 is 44.6 Å². The Morgan fingerprint density at radius 2 is 1.40 bits per heavy atom. The first-order valence-corrected chi connectivity index (χ1v) is 34.8. The predicted molar refractivity (Wildman–Crippen MR) is 356 cm³/mol.